The van der Waals surface area contributed by atoms with Crippen LogP contribution in [0.4, 0.5) is 0 Å². The molecule has 2 N–H and O–H groups in total. The molecule has 2 rings (SSSR count). The smallest absolute Gasteiger partial charge is 0.122 e. The Labute approximate surface area is 110 Å². The van der Waals surface area contributed by atoms with Crippen molar-refractivity contribution in [2.75, 3.05) is 26.7 Å². The molecule has 1 aromatic rings. The first kappa shape index (κ1) is 13.6. The van der Waals surface area contributed by atoms with E-state index in [4.69, 9.17) is 10.2 Å². The Bertz CT molecular complexity index is 364. The number of rotatable bonds is 6. The van der Waals surface area contributed by atoms with E-state index in [0.717, 1.165) is 31.0 Å². The number of nitrogens with two attached hydrogens (primary N) is 1. The topological polar surface area (TPSA) is 45.6 Å². The molecule has 1 unspecified atom stereocenters. The molecule has 0 aromatic carbocycles. The van der Waals surface area contributed by atoms with Crippen molar-refractivity contribution in [3.63, 3.8) is 0 Å². The summed E-state index contributed by atoms with van der Waals surface area (Å²) in [6, 6.07) is 2.67. The number of likely N-dealkylation sites (tertiary alicyclic amines) is 1. The molecule has 1 atom stereocenters. The average Bonchev–Trinajstić information content (AvgIpc) is 2.97. The Balaban J connectivity index is 1.86. The number of likely N-dealkylation sites (N-methyl/N-ethyl adjacent to an activating group) is 2. The van der Waals surface area contributed by atoms with E-state index < -0.39 is 0 Å². The molecule has 4 nitrogen and oxygen atoms in total. The van der Waals surface area contributed by atoms with E-state index in [9.17, 15) is 0 Å². The van der Waals surface area contributed by atoms with Crippen molar-refractivity contribution >= 4 is 0 Å². The van der Waals surface area contributed by atoms with E-state index >= 15 is 0 Å². The van der Waals surface area contributed by atoms with Crippen molar-refractivity contribution in [1.82, 2.24) is 9.80 Å². The lowest BCUT2D eigenvalue weighted by atomic mass is 10.2. The number of hydrogen-bond donors (Lipinski definition) is 1. The molecular formula is C14H25N3O. The first-order valence-corrected chi connectivity index (χ1v) is 6.92. The van der Waals surface area contributed by atoms with E-state index in [-0.39, 0.29) is 0 Å². The normalized spacial score (nSPS) is 21.0. The summed E-state index contributed by atoms with van der Waals surface area (Å²) in [7, 11) is 2.16. The maximum Gasteiger partial charge on any atom is 0.122 e. The van der Waals surface area contributed by atoms with Gasteiger partial charge in [0.25, 0.3) is 0 Å². The highest BCUT2D eigenvalue weighted by Gasteiger charge is 2.24. The molecule has 0 spiro atoms. The van der Waals surface area contributed by atoms with Gasteiger partial charge in [-0.25, -0.2) is 0 Å². The third-order valence-corrected chi connectivity index (χ3v) is 3.90. The number of furan rings is 1. The van der Waals surface area contributed by atoms with Gasteiger partial charge < -0.3 is 10.2 Å². The molecule has 0 saturated carbocycles. The molecule has 102 valence electrons. The minimum Gasteiger partial charge on any atom is -0.468 e. The van der Waals surface area contributed by atoms with E-state index in [0.29, 0.717) is 12.6 Å². The third kappa shape index (κ3) is 3.13. The first-order chi connectivity index (χ1) is 8.74. The molecule has 2 heterocycles. The summed E-state index contributed by atoms with van der Waals surface area (Å²) in [5.41, 5.74) is 6.82. The maximum atomic E-state index is 5.69. The molecule has 1 aromatic heterocycles. The average molecular weight is 251 g/mol. The van der Waals surface area contributed by atoms with Crippen LogP contribution in [0.1, 0.15) is 31.1 Å². The molecule has 0 bridgehead atoms. The van der Waals surface area contributed by atoms with Crippen LogP contribution in [0.15, 0.2) is 16.7 Å². The summed E-state index contributed by atoms with van der Waals surface area (Å²) in [4.78, 5) is 4.92. The van der Waals surface area contributed by atoms with Crippen molar-refractivity contribution in [2.45, 2.75) is 38.9 Å². The van der Waals surface area contributed by atoms with Gasteiger partial charge in [-0.1, -0.05) is 6.92 Å². The van der Waals surface area contributed by atoms with E-state index in [1.807, 2.05) is 6.07 Å². The molecule has 4 heteroatoms. The van der Waals surface area contributed by atoms with Crippen LogP contribution in [0.2, 0.25) is 0 Å². The van der Waals surface area contributed by atoms with Crippen molar-refractivity contribution in [3.8, 4) is 0 Å². The van der Waals surface area contributed by atoms with Crippen LogP contribution in [0.3, 0.4) is 0 Å². The van der Waals surface area contributed by atoms with Gasteiger partial charge in [-0.15, -0.1) is 0 Å². The highest BCUT2D eigenvalue weighted by Crippen LogP contribution is 2.19. The van der Waals surface area contributed by atoms with Gasteiger partial charge in [0.05, 0.1) is 12.8 Å². The van der Waals surface area contributed by atoms with Crippen molar-refractivity contribution < 1.29 is 4.42 Å². The van der Waals surface area contributed by atoms with Crippen LogP contribution >= 0.6 is 0 Å². The fourth-order valence-electron chi connectivity index (χ4n) is 2.88. The summed E-state index contributed by atoms with van der Waals surface area (Å²) in [5.74, 6) is 1.01. The summed E-state index contributed by atoms with van der Waals surface area (Å²) >= 11 is 0. The Morgan fingerprint density at radius 2 is 2.39 bits per heavy atom. The molecule has 1 fully saturated rings. The predicted molar refractivity (Wildman–Crippen MR) is 73.2 cm³/mol. The van der Waals surface area contributed by atoms with Crippen molar-refractivity contribution in [2.24, 2.45) is 5.73 Å². The Kier molecular flexibility index (Phi) is 4.80. The second-order valence-electron chi connectivity index (χ2n) is 5.19. The van der Waals surface area contributed by atoms with Gasteiger partial charge in [-0.2, -0.15) is 0 Å². The summed E-state index contributed by atoms with van der Waals surface area (Å²) in [6.45, 7) is 7.19. The van der Waals surface area contributed by atoms with Crippen LogP contribution in [-0.2, 0) is 13.1 Å². The molecule has 1 saturated heterocycles. The van der Waals surface area contributed by atoms with Crippen LogP contribution in [-0.4, -0.2) is 42.5 Å². The summed E-state index contributed by atoms with van der Waals surface area (Å²) < 4.78 is 5.51. The van der Waals surface area contributed by atoms with Gasteiger partial charge in [0, 0.05) is 24.7 Å². The highest BCUT2D eigenvalue weighted by atomic mass is 16.3. The standard InChI is InChI=1S/C14H25N3O/c1-3-17-7-4-5-13(17)10-16(2)11-14-12(9-15)6-8-18-14/h6,8,13H,3-5,7,9-11,15H2,1-2H3. The van der Waals surface area contributed by atoms with E-state index in [1.54, 1.807) is 6.26 Å². The zero-order valence-corrected chi connectivity index (χ0v) is 11.6. The lowest BCUT2D eigenvalue weighted by Crippen LogP contribution is -2.38. The Morgan fingerprint density at radius 1 is 1.56 bits per heavy atom. The SMILES string of the molecule is CCN1CCCC1CN(C)Cc1occc1CN. The van der Waals surface area contributed by atoms with Crippen molar-refractivity contribution in [3.05, 3.63) is 23.7 Å². The zero-order valence-electron chi connectivity index (χ0n) is 11.6. The van der Waals surface area contributed by atoms with Gasteiger partial charge >= 0.3 is 0 Å². The molecule has 0 aliphatic carbocycles. The summed E-state index contributed by atoms with van der Waals surface area (Å²) in [6.07, 6.45) is 4.39. The Morgan fingerprint density at radius 3 is 3.11 bits per heavy atom. The monoisotopic (exact) mass is 251 g/mol. The maximum absolute atomic E-state index is 5.69. The highest BCUT2D eigenvalue weighted by molar-refractivity contribution is 5.16. The van der Waals surface area contributed by atoms with Crippen LogP contribution < -0.4 is 5.73 Å². The second-order valence-corrected chi connectivity index (χ2v) is 5.19. The van der Waals surface area contributed by atoms with E-state index in [1.165, 1.54) is 19.4 Å². The fraction of sp³-hybridized carbons (Fsp3) is 0.714. The zero-order chi connectivity index (χ0) is 13.0. The lowest BCUT2D eigenvalue weighted by Gasteiger charge is -2.27. The van der Waals surface area contributed by atoms with Crippen LogP contribution in [0, 0.1) is 0 Å². The molecule has 0 radical (unpaired) electrons. The second kappa shape index (κ2) is 6.36. The van der Waals surface area contributed by atoms with Gasteiger partial charge in [0.2, 0.25) is 0 Å². The number of hydrogen-bond acceptors (Lipinski definition) is 4. The molecule has 18 heavy (non-hydrogen) atoms. The van der Waals surface area contributed by atoms with Crippen molar-refractivity contribution in [1.29, 1.82) is 0 Å². The van der Waals surface area contributed by atoms with Gasteiger partial charge in [0.15, 0.2) is 0 Å². The Hall–Kier alpha value is -0.840. The lowest BCUT2D eigenvalue weighted by molar-refractivity contribution is 0.187. The molecule has 1 aliphatic rings. The van der Waals surface area contributed by atoms with Gasteiger partial charge in [0.1, 0.15) is 5.76 Å². The van der Waals surface area contributed by atoms with Gasteiger partial charge in [-0.05, 0) is 39.0 Å². The van der Waals surface area contributed by atoms with Crippen LogP contribution in [0.5, 0.6) is 0 Å². The number of nitrogens with zero attached hydrogens (tertiary/aromatic N) is 2. The fourth-order valence-corrected chi connectivity index (χ4v) is 2.88. The quantitative estimate of drug-likeness (QED) is 0.835. The van der Waals surface area contributed by atoms with E-state index in [2.05, 4.69) is 23.8 Å². The predicted octanol–water partition coefficient (Wildman–Crippen LogP) is 1.65. The molecule has 0 amide bonds. The minimum absolute atomic E-state index is 0.560. The van der Waals surface area contributed by atoms with Gasteiger partial charge in [-0.3, -0.25) is 9.80 Å². The minimum atomic E-state index is 0.560. The molecular weight excluding hydrogens is 226 g/mol. The summed E-state index contributed by atoms with van der Waals surface area (Å²) in [5, 5.41) is 0. The largest absolute Gasteiger partial charge is 0.468 e. The third-order valence-electron chi connectivity index (χ3n) is 3.90. The molecule has 1 aliphatic heterocycles. The van der Waals surface area contributed by atoms with Crippen LogP contribution in [0.25, 0.3) is 0 Å². The first-order valence-electron chi connectivity index (χ1n) is 6.92.